The van der Waals surface area contributed by atoms with Crippen molar-refractivity contribution < 1.29 is 19.0 Å². The highest BCUT2D eigenvalue weighted by atomic mass is 16.5. The lowest BCUT2D eigenvalue weighted by Gasteiger charge is -2.26. The number of likely N-dealkylation sites (N-methyl/N-ethyl adjacent to an activating group) is 1. The first-order valence-electron chi connectivity index (χ1n) is 9.20. The monoisotopic (exact) mass is 370 g/mol. The van der Waals surface area contributed by atoms with Crippen LogP contribution in [0, 0.1) is 0 Å². The Kier molecular flexibility index (Phi) is 6.54. The van der Waals surface area contributed by atoms with E-state index in [9.17, 15) is 4.79 Å². The molecule has 0 spiro atoms. The number of benzene rings is 2. The molecule has 0 unspecified atom stereocenters. The second-order valence-corrected chi connectivity index (χ2v) is 6.43. The molecule has 27 heavy (non-hydrogen) atoms. The van der Waals surface area contributed by atoms with Crippen molar-refractivity contribution in [1.82, 2.24) is 10.6 Å². The van der Waals surface area contributed by atoms with E-state index < -0.39 is 0 Å². The molecule has 0 aromatic heterocycles. The van der Waals surface area contributed by atoms with Gasteiger partial charge < -0.3 is 24.8 Å². The highest BCUT2D eigenvalue weighted by Crippen LogP contribution is 2.28. The zero-order valence-electron chi connectivity index (χ0n) is 15.8. The van der Waals surface area contributed by atoms with E-state index in [1.807, 2.05) is 43.3 Å². The van der Waals surface area contributed by atoms with Gasteiger partial charge in [-0.1, -0.05) is 24.3 Å². The number of amides is 1. The predicted octanol–water partition coefficient (Wildman–Crippen LogP) is 2.30. The molecule has 144 valence electrons. The summed E-state index contributed by atoms with van der Waals surface area (Å²) < 4.78 is 16.8. The Balaban J connectivity index is 1.55. The van der Waals surface area contributed by atoms with Crippen molar-refractivity contribution in [3.63, 3.8) is 0 Å². The molecular weight excluding hydrogens is 344 g/mol. The van der Waals surface area contributed by atoms with Crippen LogP contribution >= 0.6 is 0 Å². The molecule has 0 radical (unpaired) electrons. The van der Waals surface area contributed by atoms with Crippen LogP contribution in [0.25, 0.3) is 0 Å². The van der Waals surface area contributed by atoms with E-state index in [1.54, 1.807) is 7.11 Å². The van der Waals surface area contributed by atoms with Crippen molar-refractivity contribution in [2.24, 2.45) is 0 Å². The Morgan fingerprint density at radius 3 is 2.89 bits per heavy atom. The average molecular weight is 370 g/mol. The van der Waals surface area contributed by atoms with Crippen LogP contribution in [0.4, 0.5) is 0 Å². The van der Waals surface area contributed by atoms with Gasteiger partial charge in [-0.05, 0) is 42.7 Å². The van der Waals surface area contributed by atoms with Crippen LogP contribution < -0.4 is 24.8 Å². The second-order valence-electron chi connectivity index (χ2n) is 6.43. The number of fused-ring (bicyclic) bond motifs is 1. The highest BCUT2D eigenvalue weighted by Gasteiger charge is 2.19. The fraction of sp³-hybridized carbons (Fsp3) is 0.381. The summed E-state index contributed by atoms with van der Waals surface area (Å²) in [5, 5.41) is 6.23. The highest BCUT2D eigenvalue weighted by molar-refractivity contribution is 5.77. The summed E-state index contributed by atoms with van der Waals surface area (Å²) in [6.07, 6.45) is 0.945. The summed E-state index contributed by atoms with van der Waals surface area (Å²) in [4.78, 5) is 11.5. The van der Waals surface area contributed by atoms with Crippen LogP contribution in [0.5, 0.6) is 17.2 Å². The van der Waals surface area contributed by atoms with Gasteiger partial charge in [-0.2, -0.15) is 0 Å². The van der Waals surface area contributed by atoms with Crippen LogP contribution in [0.1, 0.15) is 18.1 Å². The second kappa shape index (κ2) is 9.28. The van der Waals surface area contributed by atoms with E-state index in [1.165, 1.54) is 5.56 Å². The van der Waals surface area contributed by atoms with Crippen molar-refractivity contribution in [1.29, 1.82) is 0 Å². The lowest BCUT2D eigenvalue weighted by molar-refractivity contribution is -0.123. The Morgan fingerprint density at radius 2 is 2.07 bits per heavy atom. The van der Waals surface area contributed by atoms with Crippen LogP contribution in [-0.2, 0) is 17.8 Å². The third-order valence-electron chi connectivity index (χ3n) is 4.43. The largest absolute Gasteiger partial charge is 0.493 e. The summed E-state index contributed by atoms with van der Waals surface area (Å²) in [5.41, 5.74) is 2.31. The van der Waals surface area contributed by atoms with Crippen LogP contribution in [0.15, 0.2) is 42.5 Å². The maximum absolute atomic E-state index is 11.5. The molecule has 2 N–H and O–H groups in total. The van der Waals surface area contributed by atoms with Gasteiger partial charge in [-0.3, -0.25) is 4.79 Å². The number of ether oxygens (including phenoxy) is 3. The number of carbonyl (C=O) groups is 1. The first kappa shape index (κ1) is 19.0. The average Bonchev–Trinajstić information content (AvgIpc) is 2.71. The minimum absolute atomic E-state index is 0.0272. The van der Waals surface area contributed by atoms with Gasteiger partial charge in [0.2, 0.25) is 0 Å². The Morgan fingerprint density at radius 1 is 1.22 bits per heavy atom. The lowest BCUT2D eigenvalue weighted by atomic mass is 10.0. The van der Waals surface area contributed by atoms with Gasteiger partial charge in [0, 0.05) is 19.1 Å². The molecule has 6 nitrogen and oxygen atoms in total. The minimum Gasteiger partial charge on any atom is -0.493 e. The van der Waals surface area contributed by atoms with Gasteiger partial charge in [0.1, 0.15) is 12.4 Å². The van der Waals surface area contributed by atoms with Crippen LogP contribution in [-0.4, -0.2) is 38.8 Å². The van der Waals surface area contributed by atoms with E-state index in [-0.39, 0.29) is 18.6 Å². The van der Waals surface area contributed by atoms with Crippen LogP contribution in [0.2, 0.25) is 0 Å². The Labute approximate surface area is 159 Å². The number of hydrogen-bond acceptors (Lipinski definition) is 5. The molecule has 1 atom stereocenters. The number of methoxy groups -OCH3 is 1. The molecule has 2 aromatic carbocycles. The normalized spacial score (nSPS) is 15.4. The van der Waals surface area contributed by atoms with Gasteiger partial charge >= 0.3 is 0 Å². The first-order chi connectivity index (χ1) is 13.2. The van der Waals surface area contributed by atoms with Crippen LogP contribution in [0.3, 0.4) is 0 Å². The number of nitrogens with one attached hydrogen (secondary N) is 2. The molecule has 3 rings (SSSR count). The van der Waals surface area contributed by atoms with E-state index in [4.69, 9.17) is 14.2 Å². The molecule has 2 aromatic rings. The van der Waals surface area contributed by atoms with E-state index in [0.717, 1.165) is 17.7 Å². The van der Waals surface area contributed by atoms with Crippen molar-refractivity contribution in [2.45, 2.75) is 25.9 Å². The summed E-state index contributed by atoms with van der Waals surface area (Å²) in [6, 6.07) is 14.1. The molecule has 1 aliphatic rings. The van der Waals surface area contributed by atoms with Gasteiger partial charge in [-0.15, -0.1) is 0 Å². The molecule has 1 heterocycles. The van der Waals surface area contributed by atoms with Crippen molar-refractivity contribution >= 4 is 5.91 Å². The molecule has 0 aliphatic carbocycles. The standard InChI is InChI=1S/C21H26N2O4/c1-3-22-21(24)14-27-19-9-8-15(10-20(19)25-2)12-23-17-11-16-6-4-5-7-18(16)26-13-17/h4-10,17,23H,3,11-14H2,1-2H3,(H,22,24)/t17-/m0/s1. The number of para-hydroxylation sites is 1. The zero-order valence-corrected chi connectivity index (χ0v) is 15.8. The summed E-state index contributed by atoms with van der Waals surface area (Å²) in [6.45, 7) is 3.78. The summed E-state index contributed by atoms with van der Waals surface area (Å²) >= 11 is 0. The van der Waals surface area contributed by atoms with E-state index in [0.29, 0.717) is 31.2 Å². The molecular formula is C21H26N2O4. The SMILES string of the molecule is CCNC(=O)COc1ccc(CN[C@@H]2COc3ccccc3C2)cc1OC. The minimum atomic E-state index is -0.150. The van der Waals surface area contributed by atoms with Gasteiger partial charge in [0.05, 0.1) is 7.11 Å². The maximum Gasteiger partial charge on any atom is 0.257 e. The topological polar surface area (TPSA) is 68.8 Å². The fourth-order valence-corrected chi connectivity index (χ4v) is 3.05. The molecule has 0 saturated carbocycles. The number of rotatable bonds is 8. The smallest absolute Gasteiger partial charge is 0.257 e. The molecule has 1 amide bonds. The zero-order chi connectivity index (χ0) is 19.1. The Bertz CT molecular complexity index is 779. The quantitative estimate of drug-likeness (QED) is 0.746. The van der Waals surface area contributed by atoms with Gasteiger partial charge in [-0.25, -0.2) is 0 Å². The molecule has 0 bridgehead atoms. The van der Waals surface area contributed by atoms with Crippen molar-refractivity contribution in [3.05, 3.63) is 53.6 Å². The van der Waals surface area contributed by atoms with E-state index >= 15 is 0 Å². The van der Waals surface area contributed by atoms with Crippen molar-refractivity contribution in [3.8, 4) is 17.2 Å². The molecule has 1 aliphatic heterocycles. The molecule has 6 heteroatoms. The van der Waals surface area contributed by atoms with Gasteiger partial charge in [0.15, 0.2) is 18.1 Å². The fourth-order valence-electron chi connectivity index (χ4n) is 3.05. The van der Waals surface area contributed by atoms with Gasteiger partial charge in [0.25, 0.3) is 5.91 Å². The summed E-state index contributed by atoms with van der Waals surface area (Å²) in [7, 11) is 1.59. The first-order valence-corrected chi connectivity index (χ1v) is 9.20. The third-order valence-corrected chi connectivity index (χ3v) is 4.43. The maximum atomic E-state index is 11.5. The third kappa shape index (κ3) is 5.14. The number of carbonyl (C=O) groups excluding carboxylic acids is 1. The molecule has 0 fully saturated rings. The molecule has 0 saturated heterocycles. The van der Waals surface area contributed by atoms with E-state index in [2.05, 4.69) is 16.7 Å². The Hall–Kier alpha value is -2.73. The number of hydrogen-bond donors (Lipinski definition) is 2. The predicted molar refractivity (Wildman–Crippen MR) is 103 cm³/mol. The van der Waals surface area contributed by atoms with Crippen molar-refractivity contribution in [2.75, 3.05) is 26.9 Å². The summed E-state index contributed by atoms with van der Waals surface area (Å²) in [5.74, 6) is 2.00. The lowest BCUT2D eigenvalue weighted by Crippen LogP contribution is -2.38.